The van der Waals surface area contributed by atoms with Crippen LogP contribution in [-0.2, 0) is 4.79 Å². The fourth-order valence-corrected chi connectivity index (χ4v) is 3.09. The lowest BCUT2D eigenvalue weighted by Crippen LogP contribution is -2.40. The van der Waals surface area contributed by atoms with Gasteiger partial charge in [-0.15, -0.1) is 11.3 Å². The van der Waals surface area contributed by atoms with Crippen LogP contribution in [0.4, 0.5) is 5.13 Å². The lowest BCUT2D eigenvalue weighted by atomic mass is 10.0. The number of aromatic nitrogens is 1. The van der Waals surface area contributed by atoms with Crippen molar-refractivity contribution in [2.75, 3.05) is 11.4 Å². The van der Waals surface area contributed by atoms with Crippen LogP contribution >= 0.6 is 22.9 Å². The molecule has 16 heavy (non-hydrogen) atoms. The fraction of sp³-hybridized carbons (Fsp3) is 0.600. The molecule has 0 aromatic carbocycles. The molecule has 2 heterocycles. The van der Waals surface area contributed by atoms with Crippen LogP contribution in [-0.4, -0.2) is 28.6 Å². The Hall–Kier alpha value is -0.810. The average molecular weight is 261 g/mol. The van der Waals surface area contributed by atoms with Gasteiger partial charge in [0, 0.05) is 18.0 Å². The van der Waals surface area contributed by atoms with Gasteiger partial charge in [-0.2, -0.15) is 0 Å². The lowest BCUT2D eigenvalue weighted by molar-refractivity contribution is -0.137. The molecule has 0 aliphatic carbocycles. The Morgan fingerprint density at radius 3 is 3.12 bits per heavy atom. The zero-order valence-electron chi connectivity index (χ0n) is 8.73. The number of thiazole rings is 1. The number of hydrogen-bond donors (Lipinski definition) is 1. The van der Waals surface area contributed by atoms with Gasteiger partial charge in [0.05, 0.1) is 6.42 Å². The van der Waals surface area contributed by atoms with Crippen molar-refractivity contribution < 1.29 is 9.90 Å². The summed E-state index contributed by atoms with van der Waals surface area (Å²) < 4.78 is 0. The number of aliphatic carboxylic acids is 1. The smallest absolute Gasteiger partial charge is 0.305 e. The molecule has 0 radical (unpaired) electrons. The van der Waals surface area contributed by atoms with Crippen LogP contribution in [0.2, 0.25) is 5.15 Å². The number of carboxylic acids is 1. The van der Waals surface area contributed by atoms with Gasteiger partial charge in [-0.1, -0.05) is 11.6 Å². The molecule has 1 N–H and O–H groups in total. The summed E-state index contributed by atoms with van der Waals surface area (Å²) in [6, 6.07) is 0.0634. The Morgan fingerprint density at radius 1 is 1.69 bits per heavy atom. The second kappa shape index (κ2) is 5.01. The summed E-state index contributed by atoms with van der Waals surface area (Å²) in [5.41, 5.74) is 0. The van der Waals surface area contributed by atoms with Gasteiger partial charge < -0.3 is 10.0 Å². The van der Waals surface area contributed by atoms with Gasteiger partial charge >= 0.3 is 5.97 Å². The minimum atomic E-state index is -0.750. The minimum Gasteiger partial charge on any atom is -0.481 e. The van der Waals surface area contributed by atoms with E-state index in [-0.39, 0.29) is 12.5 Å². The van der Waals surface area contributed by atoms with Crippen molar-refractivity contribution in [1.82, 2.24) is 4.98 Å². The molecule has 0 bridgehead atoms. The maximum absolute atomic E-state index is 10.8. The molecule has 1 aromatic heterocycles. The molecule has 0 saturated carbocycles. The van der Waals surface area contributed by atoms with E-state index < -0.39 is 5.97 Å². The monoisotopic (exact) mass is 260 g/mol. The van der Waals surface area contributed by atoms with E-state index in [0.717, 1.165) is 30.9 Å². The van der Waals surface area contributed by atoms with E-state index in [1.54, 1.807) is 5.38 Å². The summed E-state index contributed by atoms with van der Waals surface area (Å²) in [7, 11) is 0. The molecule has 0 amide bonds. The molecule has 1 atom stereocenters. The van der Waals surface area contributed by atoms with E-state index in [2.05, 4.69) is 9.88 Å². The predicted molar refractivity (Wildman–Crippen MR) is 64.4 cm³/mol. The van der Waals surface area contributed by atoms with E-state index in [4.69, 9.17) is 16.7 Å². The zero-order valence-corrected chi connectivity index (χ0v) is 10.3. The van der Waals surface area contributed by atoms with Crippen LogP contribution in [0, 0.1) is 0 Å². The topological polar surface area (TPSA) is 53.4 Å². The molecule has 88 valence electrons. The Morgan fingerprint density at radius 2 is 2.50 bits per heavy atom. The van der Waals surface area contributed by atoms with Crippen molar-refractivity contribution in [2.24, 2.45) is 0 Å². The normalized spacial score (nSPS) is 21.1. The molecule has 4 nitrogen and oxygen atoms in total. The summed E-state index contributed by atoms with van der Waals surface area (Å²) >= 11 is 7.27. The highest BCUT2D eigenvalue weighted by atomic mass is 35.5. The largest absolute Gasteiger partial charge is 0.481 e. The van der Waals surface area contributed by atoms with E-state index in [1.165, 1.54) is 11.3 Å². The Kier molecular flexibility index (Phi) is 3.66. The number of halogens is 1. The molecule has 1 saturated heterocycles. The molecule has 1 aromatic rings. The summed E-state index contributed by atoms with van der Waals surface area (Å²) in [5.74, 6) is -0.750. The van der Waals surface area contributed by atoms with Crippen LogP contribution in [0.1, 0.15) is 25.7 Å². The van der Waals surface area contributed by atoms with E-state index in [9.17, 15) is 4.79 Å². The lowest BCUT2D eigenvalue weighted by Gasteiger charge is -2.34. The second-order valence-corrected chi connectivity index (χ2v) is 5.12. The summed E-state index contributed by atoms with van der Waals surface area (Å²) in [5, 5.41) is 12.0. The van der Waals surface area contributed by atoms with Crippen molar-refractivity contribution in [3.05, 3.63) is 10.5 Å². The number of anilines is 1. The third-order valence-electron chi connectivity index (χ3n) is 2.75. The highest BCUT2D eigenvalue weighted by molar-refractivity contribution is 7.14. The van der Waals surface area contributed by atoms with Crippen LogP contribution in [0.5, 0.6) is 0 Å². The van der Waals surface area contributed by atoms with Gasteiger partial charge in [0.25, 0.3) is 0 Å². The van der Waals surface area contributed by atoms with Crippen molar-refractivity contribution in [1.29, 1.82) is 0 Å². The van der Waals surface area contributed by atoms with E-state index in [0.29, 0.717) is 5.15 Å². The first-order valence-corrected chi connectivity index (χ1v) is 6.52. The fourth-order valence-electron chi connectivity index (χ4n) is 2.04. The van der Waals surface area contributed by atoms with Crippen molar-refractivity contribution >= 4 is 34.0 Å². The molecule has 0 spiro atoms. The molecule has 1 aliphatic rings. The molecule has 1 unspecified atom stereocenters. The summed E-state index contributed by atoms with van der Waals surface area (Å²) in [6.45, 7) is 0.877. The quantitative estimate of drug-likeness (QED) is 0.908. The standard InChI is InChI=1S/C10H13ClN2O2S/c11-8-6-16-10(12-8)13-4-2-1-3-7(13)5-9(14)15/h6-7H,1-5H2,(H,14,15). The number of carbonyl (C=O) groups is 1. The van der Waals surface area contributed by atoms with Crippen LogP contribution in [0.15, 0.2) is 5.38 Å². The minimum absolute atomic E-state index is 0.0634. The maximum atomic E-state index is 10.8. The van der Waals surface area contributed by atoms with Gasteiger partial charge in [-0.25, -0.2) is 4.98 Å². The number of carboxylic acid groups (broad SMARTS) is 1. The van der Waals surface area contributed by atoms with E-state index in [1.807, 2.05) is 0 Å². The van der Waals surface area contributed by atoms with Crippen molar-refractivity contribution in [2.45, 2.75) is 31.7 Å². The van der Waals surface area contributed by atoms with Crippen LogP contribution in [0.25, 0.3) is 0 Å². The molecule has 1 aliphatic heterocycles. The first-order chi connectivity index (χ1) is 7.66. The highest BCUT2D eigenvalue weighted by Crippen LogP contribution is 2.30. The van der Waals surface area contributed by atoms with Gasteiger partial charge in [0.2, 0.25) is 0 Å². The van der Waals surface area contributed by atoms with Gasteiger partial charge in [0.1, 0.15) is 5.15 Å². The maximum Gasteiger partial charge on any atom is 0.305 e. The molecule has 1 fully saturated rings. The Labute approximate surface area is 103 Å². The SMILES string of the molecule is O=C(O)CC1CCCCN1c1nc(Cl)cs1. The Balaban J connectivity index is 2.12. The van der Waals surface area contributed by atoms with Crippen LogP contribution in [0.3, 0.4) is 0 Å². The third kappa shape index (κ3) is 2.65. The first-order valence-electron chi connectivity index (χ1n) is 5.26. The van der Waals surface area contributed by atoms with E-state index >= 15 is 0 Å². The van der Waals surface area contributed by atoms with Crippen molar-refractivity contribution in [3.63, 3.8) is 0 Å². The number of rotatable bonds is 3. The second-order valence-electron chi connectivity index (χ2n) is 3.89. The highest BCUT2D eigenvalue weighted by Gasteiger charge is 2.26. The van der Waals surface area contributed by atoms with Gasteiger partial charge in [-0.3, -0.25) is 4.79 Å². The number of hydrogen-bond acceptors (Lipinski definition) is 4. The molecular weight excluding hydrogens is 248 g/mol. The van der Waals surface area contributed by atoms with Crippen molar-refractivity contribution in [3.8, 4) is 0 Å². The third-order valence-corrected chi connectivity index (χ3v) is 3.95. The molecular formula is C10H13ClN2O2S. The molecule has 2 rings (SSSR count). The Bertz CT molecular complexity index is 383. The van der Waals surface area contributed by atoms with Gasteiger partial charge in [0.15, 0.2) is 5.13 Å². The van der Waals surface area contributed by atoms with Gasteiger partial charge in [-0.05, 0) is 19.3 Å². The first kappa shape index (κ1) is 11.7. The summed E-state index contributed by atoms with van der Waals surface area (Å²) in [4.78, 5) is 17.1. The average Bonchev–Trinajstić information content (AvgIpc) is 2.65. The number of piperidine rings is 1. The summed E-state index contributed by atoms with van der Waals surface area (Å²) in [6.07, 6.45) is 3.28. The predicted octanol–water partition coefficient (Wildman–Crippen LogP) is 2.63. The number of nitrogens with zero attached hydrogens (tertiary/aromatic N) is 2. The molecule has 6 heteroatoms. The van der Waals surface area contributed by atoms with Crippen LogP contribution < -0.4 is 4.90 Å². The zero-order chi connectivity index (χ0) is 11.5.